The van der Waals surface area contributed by atoms with Gasteiger partial charge in [0.1, 0.15) is 11.9 Å². The second-order valence-corrected chi connectivity index (χ2v) is 5.14. The van der Waals surface area contributed by atoms with Crippen molar-refractivity contribution in [2.45, 2.75) is 38.1 Å². The fourth-order valence-electron chi connectivity index (χ4n) is 2.74. The van der Waals surface area contributed by atoms with Crippen LogP contribution >= 0.6 is 0 Å². The molecule has 2 heterocycles. The highest BCUT2D eigenvalue weighted by Gasteiger charge is 2.21. The summed E-state index contributed by atoms with van der Waals surface area (Å²) in [7, 11) is 0. The molecule has 3 rings (SSSR count). The van der Waals surface area contributed by atoms with Crippen molar-refractivity contribution in [1.82, 2.24) is 10.3 Å². The van der Waals surface area contributed by atoms with Crippen LogP contribution < -0.4 is 10.6 Å². The molecule has 2 aliphatic rings. The average molecular weight is 256 g/mol. The zero-order chi connectivity index (χ0) is 13.2. The first kappa shape index (κ1) is 12.0. The van der Waals surface area contributed by atoms with Crippen LogP contribution in [0, 0.1) is 11.3 Å². The maximum atomic E-state index is 11.1. The Morgan fingerprint density at radius 1 is 1.47 bits per heavy atom. The van der Waals surface area contributed by atoms with Gasteiger partial charge in [-0.15, -0.1) is 0 Å². The molecule has 1 aromatic heterocycles. The van der Waals surface area contributed by atoms with Crippen LogP contribution in [0.2, 0.25) is 0 Å². The van der Waals surface area contributed by atoms with E-state index in [2.05, 4.69) is 21.7 Å². The molecular weight excluding hydrogens is 240 g/mol. The number of pyridine rings is 1. The van der Waals surface area contributed by atoms with Crippen LogP contribution in [-0.2, 0) is 17.6 Å². The number of amides is 1. The minimum Gasteiger partial charge on any atom is -0.367 e. The average Bonchev–Trinajstić information content (AvgIpc) is 3.03. The van der Waals surface area contributed by atoms with E-state index in [4.69, 9.17) is 0 Å². The molecule has 0 aromatic carbocycles. The number of fused-ring (bicyclic) bond motifs is 1. The topological polar surface area (TPSA) is 77.8 Å². The smallest absolute Gasteiger partial charge is 0.220 e. The first-order valence-electron chi connectivity index (χ1n) is 6.72. The van der Waals surface area contributed by atoms with Crippen molar-refractivity contribution >= 4 is 11.7 Å². The third-order valence-corrected chi connectivity index (χ3v) is 3.77. The maximum Gasteiger partial charge on any atom is 0.220 e. The minimum absolute atomic E-state index is 0.106. The van der Waals surface area contributed by atoms with Crippen molar-refractivity contribution in [3.8, 4) is 6.07 Å². The maximum absolute atomic E-state index is 11.1. The number of hydrogen-bond donors (Lipinski definition) is 2. The third kappa shape index (κ3) is 2.39. The number of nitriles is 1. The fraction of sp³-hybridized carbons (Fsp3) is 0.500. The van der Waals surface area contributed by atoms with Gasteiger partial charge in [0, 0.05) is 24.7 Å². The van der Waals surface area contributed by atoms with Gasteiger partial charge >= 0.3 is 0 Å². The quantitative estimate of drug-likeness (QED) is 0.850. The van der Waals surface area contributed by atoms with Gasteiger partial charge in [-0.25, -0.2) is 4.98 Å². The summed E-state index contributed by atoms with van der Waals surface area (Å²) >= 11 is 0. The Bertz CT molecular complexity index is 561. The van der Waals surface area contributed by atoms with E-state index in [0.29, 0.717) is 24.3 Å². The lowest BCUT2D eigenvalue weighted by atomic mass is 10.1. The summed E-state index contributed by atoms with van der Waals surface area (Å²) < 4.78 is 0. The molecule has 5 nitrogen and oxygen atoms in total. The first-order chi connectivity index (χ1) is 9.26. The highest BCUT2D eigenvalue weighted by molar-refractivity contribution is 5.78. The Morgan fingerprint density at radius 3 is 3.11 bits per heavy atom. The predicted octanol–water partition coefficient (Wildman–Crippen LogP) is 1.13. The molecule has 2 N–H and O–H groups in total. The van der Waals surface area contributed by atoms with Crippen LogP contribution in [0.3, 0.4) is 0 Å². The standard InChI is InChI=1S/C14H16N4O/c15-7-10-6-9-2-1-3-12(9)18-14(10)16-8-11-4-5-13(19)17-11/h6,11H,1-5,8H2,(H,16,18)(H,17,19). The number of aryl methyl sites for hydroxylation is 2. The molecule has 98 valence electrons. The summed E-state index contributed by atoms with van der Waals surface area (Å²) in [6.07, 6.45) is 4.58. The molecule has 1 fully saturated rings. The SMILES string of the molecule is N#Cc1cc2c(nc1NCC1CCC(=O)N1)CCC2. The van der Waals surface area contributed by atoms with E-state index in [9.17, 15) is 10.1 Å². The Morgan fingerprint density at radius 2 is 2.37 bits per heavy atom. The van der Waals surface area contributed by atoms with Gasteiger partial charge in [0.05, 0.1) is 5.56 Å². The summed E-state index contributed by atoms with van der Waals surface area (Å²) in [6.45, 7) is 0.631. The number of rotatable bonds is 3. The summed E-state index contributed by atoms with van der Waals surface area (Å²) in [4.78, 5) is 15.7. The predicted molar refractivity (Wildman–Crippen MR) is 70.6 cm³/mol. The molecule has 19 heavy (non-hydrogen) atoms. The van der Waals surface area contributed by atoms with Crippen molar-refractivity contribution in [3.63, 3.8) is 0 Å². The molecule has 1 unspecified atom stereocenters. The Balaban J connectivity index is 1.73. The molecule has 1 aliphatic heterocycles. The molecule has 1 atom stereocenters. The number of nitrogens with zero attached hydrogens (tertiary/aromatic N) is 2. The van der Waals surface area contributed by atoms with Crippen molar-refractivity contribution in [1.29, 1.82) is 5.26 Å². The molecule has 0 bridgehead atoms. The summed E-state index contributed by atoms with van der Waals surface area (Å²) in [5.74, 6) is 0.763. The summed E-state index contributed by atoms with van der Waals surface area (Å²) in [6, 6.07) is 4.29. The highest BCUT2D eigenvalue weighted by atomic mass is 16.1. The molecule has 0 radical (unpaired) electrons. The number of nitrogens with one attached hydrogen (secondary N) is 2. The van der Waals surface area contributed by atoms with E-state index in [1.54, 1.807) is 0 Å². The van der Waals surface area contributed by atoms with E-state index in [1.807, 2.05) is 6.07 Å². The number of carbonyl (C=O) groups is 1. The Hall–Kier alpha value is -2.09. The number of carbonyl (C=O) groups excluding carboxylic acids is 1. The van der Waals surface area contributed by atoms with Crippen molar-refractivity contribution in [3.05, 3.63) is 22.9 Å². The molecule has 0 saturated carbocycles. The zero-order valence-corrected chi connectivity index (χ0v) is 10.7. The first-order valence-corrected chi connectivity index (χ1v) is 6.72. The van der Waals surface area contributed by atoms with Gasteiger partial charge in [0.2, 0.25) is 5.91 Å². The second-order valence-electron chi connectivity index (χ2n) is 5.14. The van der Waals surface area contributed by atoms with Crippen LogP contribution in [-0.4, -0.2) is 23.5 Å². The lowest BCUT2D eigenvalue weighted by molar-refractivity contribution is -0.119. The summed E-state index contributed by atoms with van der Waals surface area (Å²) in [5.41, 5.74) is 2.92. The minimum atomic E-state index is 0.106. The Labute approximate surface area is 112 Å². The number of anilines is 1. The van der Waals surface area contributed by atoms with E-state index < -0.39 is 0 Å². The molecule has 1 aliphatic carbocycles. The molecule has 1 aromatic rings. The fourth-order valence-corrected chi connectivity index (χ4v) is 2.74. The van der Waals surface area contributed by atoms with Gasteiger partial charge in [-0.3, -0.25) is 4.79 Å². The largest absolute Gasteiger partial charge is 0.367 e. The summed E-state index contributed by atoms with van der Waals surface area (Å²) in [5, 5.41) is 15.3. The van der Waals surface area contributed by atoms with Gasteiger partial charge < -0.3 is 10.6 Å². The van der Waals surface area contributed by atoms with Gasteiger partial charge in [-0.1, -0.05) is 0 Å². The van der Waals surface area contributed by atoms with Gasteiger partial charge in [-0.2, -0.15) is 5.26 Å². The molecule has 0 spiro atoms. The molecule has 1 saturated heterocycles. The Kier molecular flexibility index (Phi) is 3.08. The van der Waals surface area contributed by atoms with E-state index in [-0.39, 0.29) is 11.9 Å². The van der Waals surface area contributed by atoms with Gasteiger partial charge in [0.25, 0.3) is 0 Å². The second kappa shape index (κ2) is 4.88. The lowest BCUT2D eigenvalue weighted by Crippen LogP contribution is -2.32. The van der Waals surface area contributed by atoms with Crippen LogP contribution in [0.1, 0.15) is 36.1 Å². The van der Waals surface area contributed by atoms with Crippen LogP contribution in [0.4, 0.5) is 5.82 Å². The van der Waals surface area contributed by atoms with Gasteiger partial charge in [0.15, 0.2) is 0 Å². The zero-order valence-electron chi connectivity index (χ0n) is 10.7. The van der Waals surface area contributed by atoms with Gasteiger partial charge in [-0.05, 0) is 37.3 Å². The molecule has 1 amide bonds. The third-order valence-electron chi connectivity index (χ3n) is 3.77. The van der Waals surface area contributed by atoms with E-state index in [1.165, 1.54) is 5.56 Å². The van der Waals surface area contributed by atoms with Crippen LogP contribution in [0.15, 0.2) is 6.07 Å². The van der Waals surface area contributed by atoms with Crippen molar-refractivity contribution < 1.29 is 4.79 Å². The number of aromatic nitrogens is 1. The number of hydrogen-bond acceptors (Lipinski definition) is 4. The van der Waals surface area contributed by atoms with Crippen LogP contribution in [0.5, 0.6) is 0 Å². The van der Waals surface area contributed by atoms with Crippen LogP contribution in [0.25, 0.3) is 0 Å². The van der Waals surface area contributed by atoms with E-state index >= 15 is 0 Å². The molecule has 5 heteroatoms. The van der Waals surface area contributed by atoms with E-state index in [0.717, 1.165) is 31.4 Å². The molecular formula is C14H16N4O. The highest BCUT2D eigenvalue weighted by Crippen LogP contribution is 2.25. The van der Waals surface area contributed by atoms with Crippen molar-refractivity contribution in [2.75, 3.05) is 11.9 Å². The lowest BCUT2D eigenvalue weighted by Gasteiger charge is -2.13. The monoisotopic (exact) mass is 256 g/mol. The van der Waals surface area contributed by atoms with Crippen molar-refractivity contribution in [2.24, 2.45) is 0 Å². The normalized spacial score (nSPS) is 20.8.